The van der Waals surface area contributed by atoms with E-state index in [9.17, 15) is 4.79 Å². The predicted octanol–water partition coefficient (Wildman–Crippen LogP) is 0.277. The molecule has 2 aromatic rings. The van der Waals surface area contributed by atoms with Crippen LogP contribution in [0.5, 0.6) is 0 Å². The summed E-state index contributed by atoms with van der Waals surface area (Å²) in [6.45, 7) is 5.74. The average molecular weight is 261 g/mol. The van der Waals surface area contributed by atoms with E-state index in [-0.39, 0.29) is 5.56 Å². The number of H-pyrrole nitrogens is 1. The van der Waals surface area contributed by atoms with Crippen molar-refractivity contribution in [2.75, 3.05) is 13.1 Å². The van der Waals surface area contributed by atoms with Gasteiger partial charge in [-0.05, 0) is 13.3 Å². The van der Waals surface area contributed by atoms with Crippen LogP contribution in [0, 0.1) is 6.92 Å². The molecule has 1 aliphatic rings. The Balaban J connectivity index is 1.68. The predicted molar refractivity (Wildman–Crippen MR) is 72.0 cm³/mol. The van der Waals surface area contributed by atoms with Gasteiger partial charge >= 0.3 is 0 Å². The standard InChI is InChI=1S/C13H19N5O/c1-10-14-4-6-18(10)8-7-17-5-3-11-12(9-17)16(2)15-13(11)19/h4,6H,3,5,7-9H2,1-2H3,(H,15,19). The van der Waals surface area contributed by atoms with Crippen LogP contribution in [0.15, 0.2) is 17.2 Å². The van der Waals surface area contributed by atoms with E-state index in [1.807, 2.05) is 31.0 Å². The highest BCUT2D eigenvalue weighted by molar-refractivity contribution is 5.20. The van der Waals surface area contributed by atoms with Crippen molar-refractivity contribution in [1.82, 2.24) is 24.2 Å². The Morgan fingerprint density at radius 1 is 1.42 bits per heavy atom. The minimum atomic E-state index is 0.0719. The third-order valence-electron chi connectivity index (χ3n) is 3.93. The van der Waals surface area contributed by atoms with Crippen LogP contribution in [-0.4, -0.2) is 37.3 Å². The molecule has 0 aromatic carbocycles. The SMILES string of the molecule is Cc1nccn1CCN1CCc2c(n(C)[nH]c2=O)C1. The maximum atomic E-state index is 11.7. The largest absolute Gasteiger partial charge is 0.334 e. The van der Waals surface area contributed by atoms with E-state index in [4.69, 9.17) is 0 Å². The molecule has 0 radical (unpaired) electrons. The molecule has 102 valence electrons. The van der Waals surface area contributed by atoms with Gasteiger partial charge in [-0.1, -0.05) is 0 Å². The van der Waals surface area contributed by atoms with E-state index < -0.39 is 0 Å². The first kappa shape index (κ1) is 12.2. The van der Waals surface area contributed by atoms with Gasteiger partial charge < -0.3 is 4.57 Å². The molecule has 3 heterocycles. The molecule has 1 aliphatic heterocycles. The summed E-state index contributed by atoms with van der Waals surface area (Å²) < 4.78 is 4.01. The van der Waals surface area contributed by atoms with Gasteiger partial charge in [0.1, 0.15) is 5.82 Å². The van der Waals surface area contributed by atoms with Crippen molar-refractivity contribution in [3.05, 3.63) is 39.8 Å². The lowest BCUT2D eigenvalue weighted by Crippen LogP contribution is -2.34. The summed E-state index contributed by atoms with van der Waals surface area (Å²) in [6, 6.07) is 0. The summed E-state index contributed by atoms with van der Waals surface area (Å²) in [5.74, 6) is 1.05. The molecule has 3 rings (SSSR count). The molecule has 1 N–H and O–H groups in total. The summed E-state index contributed by atoms with van der Waals surface area (Å²) in [7, 11) is 1.91. The third kappa shape index (κ3) is 2.23. The molecule has 0 saturated carbocycles. The summed E-state index contributed by atoms with van der Waals surface area (Å²) >= 11 is 0. The van der Waals surface area contributed by atoms with Gasteiger partial charge in [0, 0.05) is 51.2 Å². The van der Waals surface area contributed by atoms with Crippen LogP contribution < -0.4 is 5.56 Å². The van der Waals surface area contributed by atoms with Crippen LogP contribution in [0.4, 0.5) is 0 Å². The Morgan fingerprint density at radius 3 is 3.00 bits per heavy atom. The second-order valence-corrected chi connectivity index (χ2v) is 5.12. The first-order valence-corrected chi connectivity index (χ1v) is 6.62. The van der Waals surface area contributed by atoms with E-state index in [1.165, 1.54) is 0 Å². The number of rotatable bonds is 3. The molecule has 6 nitrogen and oxygen atoms in total. The van der Waals surface area contributed by atoms with Crippen molar-refractivity contribution >= 4 is 0 Å². The molecule has 0 saturated heterocycles. The zero-order chi connectivity index (χ0) is 13.4. The van der Waals surface area contributed by atoms with Gasteiger partial charge in [-0.15, -0.1) is 0 Å². The first-order valence-electron chi connectivity index (χ1n) is 6.62. The van der Waals surface area contributed by atoms with Gasteiger partial charge in [-0.3, -0.25) is 19.5 Å². The quantitative estimate of drug-likeness (QED) is 0.863. The molecular weight excluding hydrogens is 242 g/mol. The Kier molecular flexibility index (Phi) is 3.02. The highest BCUT2D eigenvalue weighted by Crippen LogP contribution is 2.14. The van der Waals surface area contributed by atoms with Crippen LogP contribution in [0.2, 0.25) is 0 Å². The lowest BCUT2D eigenvalue weighted by Gasteiger charge is -2.27. The monoisotopic (exact) mass is 261 g/mol. The fourth-order valence-electron chi connectivity index (χ4n) is 2.72. The number of hydrogen-bond acceptors (Lipinski definition) is 3. The third-order valence-corrected chi connectivity index (χ3v) is 3.93. The van der Waals surface area contributed by atoms with Crippen LogP contribution in [0.1, 0.15) is 17.1 Å². The van der Waals surface area contributed by atoms with Gasteiger partial charge in [0.25, 0.3) is 5.56 Å². The van der Waals surface area contributed by atoms with Gasteiger partial charge in [0.15, 0.2) is 0 Å². The maximum Gasteiger partial charge on any atom is 0.267 e. The number of aryl methyl sites for hydroxylation is 2. The molecule has 0 amide bonds. The molecule has 0 unspecified atom stereocenters. The lowest BCUT2D eigenvalue weighted by molar-refractivity contribution is 0.236. The Bertz CT molecular complexity index is 636. The smallest absolute Gasteiger partial charge is 0.267 e. The molecule has 6 heteroatoms. The maximum absolute atomic E-state index is 11.7. The van der Waals surface area contributed by atoms with Crippen molar-refractivity contribution in [3.63, 3.8) is 0 Å². The van der Waals surface area contributed by atoms with Gasteiger partial charge in [-0.2, -0.15) is 0 Å². The number of fused-ring (bicyclic) bond motifs is 1. The number of hydrogen-bond donors (Lipinski definition) is 1. The second kappa shape index (κ2) is 4.70. The molecule has 19 heavy (non-hydrogen) atoms. The van der Waals surface area contributed by atoms with Gasteiger partial charge in [-0.25, -0.2) is 4.98 Å². The Labute approximate surface area is 111 Å². The number of nitrogens with zero attached hydrogens (tertiary/aromatic N) is 4. The van der Waals surface area contributed by atoms with E-state index in [2.05, 4.69) is 19.5 Å². The number of imidazole rings is 1. The van der Waals surface area contributed by atoms with E-state index in [0.717, 1.165) is 49.7 Å². The number of nitrogens with one attached hydrogen (secondary N) is 1. The molecule has 0 bridgehead atoms. The Hall–Kier alpha value is -1.82. The summed E-state index contributed by atoms with van der Waals surface area (Å²) in [5.41, 5.74) is 2.15. The number of aromatic amines is 1. The van der Waals surface area contributed by atoms with Crippen molar-refractivity contribution < 1.29 is 0 Å². The molecule has 2 aromatic heterocycles. The van der Waals surface area contributed by atoms with Crippen molar-refractivity contribution in [2.45, 2.75) is 26.4 Å². The molecule has 0 aliphatic carbocycles. The van der Waals surface area contributed by atoms with Crippen LogP contribution in [0.25, 0.3) is 0 Å². The van der Waals surface area contributed by atoms with E-state index in [1.54, 1.807) is 0 Å². The summed E-state index contributed by atoms with van der Waals surface area (Å²) in [6.07, 6.45) is 4.69. The van der Waals surface area contributed by atoms with Crippen molar-refractivity contribution in [3.8, 4) is 0 Å². The summed E-state index contributed by atoms with van der Waals surface area (Å²) in [4.78, 5) is 18.3. The van der Waals surface area contributed by atoms with Gasteiger partial charge in [0.05, 0.1) is 5.69 Å². The zero-order valence-electron chi connectivity index (χ0n) is 11.4. The van der Waals surface area contributed by atoms with E-state index >= 15 is 0 Å². The van der Waals surface area contributed by atoms with Crippen LogP contribution >= 0.6 is 0 Å². The lowest BCUT2D eigenvalue weighted by atomic mass is 10.1. The molecule has 0 spiro atoms. The average Bonchev–Trinajstić information content (AvgIpc) is 2.92. The zero-order valence-corrected chi connectivity index (χ0v) is 11.4. The van der Waals surface area contributed by atoms with Gasteiger partial charge in [0.2, 0.25) is 0 Å². The van der Waals surface area contributed by atoms with Crippen molar-refractivity contribution in [1.29, 1.82) is 0 Å². The Morgan fingerprint density at radius 2 is 2.26 bits per heavy atom. The van der Waals surface area contributed by atoms with E-state index in [0.29, 0.717) is 0 Å². The minimum Gasteiger partial charge on any atom is -0.334 e. The topological polar surface area (TPSA) is 58.9 Å². The van der Waals surface area contributed by atoms with Crippen LogP contribution in [-0.2, 0) is 26.6 Å². The highest BCUT2D eigenvalue weighted by atomic mass is 16.1. The minimum absolute atomic E-state index is 0.0719. The molecule has 0 fully saturated rings. The first-order chi connectivity index (χ1) is 9.15. The van der Waals surface area contributed by atoms with Crippen molar-refractivity contribution in [2.24, 2.45) is 7.05 Å². The second-order valence-electron chi connectivity index (χ2n) is 5.12. The van der Waals surface area contributed by atoms with Crippen LogP contribution in [0.3, 0.4) is 0 Å². The molecule has 0 atom stereocenters. The fourth-order valence-corrected chi connectivity index (χ4v) is 2.72. The molecular formula is C13H19N5O. The summed E-state index contributed by atoms with van der Waals surface area (Å²) in [5, 5.41) is 2.84. The number of aromatic nitrogens is 4. The fraction of sp³-hybridized carbons (Fsp3) is 0.538. The normalized spacial score (nSPS) is 15.7. The highest BCUT2D eigenvalue weighted by Gasteiger charge is 2.21.